The summed E-state index contributed by atoms with van der Waals surface area (Å²) in [4.78, 5) is 0. The summed E-state index contributed by atoms with van der Waals surface area (Å²) in [7, 11) is 0. The lowest BCUT2D eigenvalue weighted by atomic mass is 10.1. The topological polar surface area (TPSA) is 40.5 Å². The molecular formula is C7H17NO2S. The van der Waals surface area contributed by atoms with Gasteiger partial charge in [0.25, 0.3) is 0 Å². The molecule has 0 aliphatic rings. The van der Waals surface area contributed by atoms with Crippen LogP contribution in [0.2, 0.25) is 0 Å². The Labute approximate surface area is 71.2 Å². The molecule has 1 atom stereocenters. The molecule has 3 nitrogen and oxygen atoms in total. The highest BCUT2D eigenvalue weighted by Crippen LogP contribution is 2.17. The van der Waals surface area contributed by atoms with E-state index in [1.54, 1.807) is 4.31 Å². The quantitative estimate of drug-likeness (QED) is 0.654. The maximum Gasteiger partial charge on any atom is 0.235 e. The summed E-state index contributed by atoms with van der Waals surface area (Å²) >= 11 is -1.87. The average Bonchev–Trinajstić information content (AvgIpc) is 1.54. The molecule has 0 radical (unpaired) electrons. The van der Waals surface area contributed by atoms with Crippen molar-refractivity contribution >= 4 is 11.3 Å². The first-order valence-electron chi connectivity index (χ1n) is 3.67. The summed E-state index contributed by atoms with van der Waals surface area (Å²) in [5.74, 6) is 0. The maximum atomic E-state index is 10.8. The Morgan fingerprint density at radius 1 is 1.36 bits per heavy atom. The summed E-state index contributed by atoms with van der Waals surface area (Å²) in [5.41, 5.74) is -0.256. The SMILES string of the molecule is CC(C)N(S(=O)O)C(C)(C)C. The van der Waals surface area contributed by atoms with Crippen LogP contribution in [0.1, 0.15) is 34.6 Å². The lowest BCUT2D eigenvalue weighted by molar-refractivity contribution is 0.206. The summed E-state index contributed by atoms with van der Waals surface area (Å²) in [5, 5.41) is 0. The van der Waals surface area contributed by atoms with Crippen LogP contribution in [0.4, 0.5) is 0 Å². The molecule has 68 valence electrons. The molecule has 0 spiro atoms. The van der Waals surface area contributed by atoms with E-state index in [0.29, 0.717) is 0 Å². The maximum absolute atomic E-state index is 10.8. The van der Waals surface area contributed by atoms with Crippen molar-refractivity contribution in [2.45, 2.75) is 46.2 Å². The van der Waals surface area contributed by atoms with Gasteiger partial charge in [0.05, 0.1) is 0 Å². The fraction of sp³-hybridized carbons (Fsp3) is 1.00. The molecule has 0 bridgehead atoms. The molecule has 0 fully saturated rings. The number of hydrogen-bond acceptors (Lipinski definition) is 1. The Hall–Kier alpha value is 0.0700. The van der Waals surface area contributed by atoms with E-state index in [1.165, 1.54) is 0 Å². The highest BCUT2D eigenvalue weighted by Gasteiger charge is 2.28. The first kappa shape index (κ1) is 11.1. The van der Waals surface area contributed by atoms with E-state index < -0.39 is 11.3 Å². The fourth-order valence-electron chi connectivity index (χ4n) is 1.19. The first-order valence-corrected chi connectivity index (χ1v) is 4.73. The zero-order valence-electron chi connectivity index (χ0n) is 7.79. The van der Waals surface area contributed by atoms with Crippen molar-refractivity contribution in [1.82, 2.24) is 4.31 Å². The van der Waals surface area contributed by atoms with E-state index in [2.05, 4.69) is 0 Å². The predicted octanol–water partition coefficient (Wildman–Crippen LogP) is 1.63. The third kappa shape index (κ3) is 3.31. The number of rotatable bonds is 2. The Morgan fingerprint density at radius 3 is 1.73 bits per heavy atom. The van der Waals surface area contributed by atoms with Crippen LogP contribution in [-0.4, -0.2) is 24.6 Å². The van der Waals surface area contributed by atoms with Crippen LogP contribution in [0.15, 0.2) is 0 Å². The lowest BCUT2D eigenvalue weighted by Crippen LogP contribution is -2.46. The zero-order valence-corrected chi connectivity index (χ0v) is 8.60. The average molecular weight is 179 g/mol. The van der Waals surface area contributed by atoms with Crippen LogP contribution in [0, 0.1) is 0 Å². The van der Waals surface area contributed by atoms with E-state index in [0.717, 1.165) is 0 Å². The van der Waals surface area contributed by atoms with Gasteiger partial charge in [0.15, 0.2) is 0 Å². The molecule has 0 saturated carbocycles. The summed E-state index contributed by atoms with van der Waals surface area (Å²) < 4.78 is 21.3. The molecule has 11 heavy (non-hydrogen) atoms. The number of nitrogens with zero attached hydrogens (tertiary/aromatic N) is 1. The summed E-state index contributed by atoms with van der Waals surface area (Å²) in [6.45, 7) is 9.56. The second-order valence-corrected chi connectivity index (χ2v) is 4.68. The van der Waals surface area contributed by atoms with Gasteiger partial charge in [0.1, 0.15) is 0 Å². The summed E-state index contributed by atoms with van der Waals surface area (Å²) in [6.07, 6.45) is 0. The zero-order chi connectivity index (χ0) is 9.23. The minimum Gasteiger partial charge on any atom is -0.294 e. The standard InChI is InChI=1S/C7H17NO2S/c1-6(2)8(11(9)10)7(3,4)5/h6H,1-5H3,(H,9,10). The van der Waals surface area contributed by atoms with Crippen LogP contribution in [0.5, 0.6) is 0 Å². The van der Waals surface area contributed by atoms with Crippen molar-refractivity contribution in [2.75, 3.05) is 0 Å². The minimum absolute atomic E-state index is 0.0841. The van der Waals surface area contributed by atoms with Gasteiger partial charge in [0, 0.05) is 11.6 Å². The Balaban J connectivity index is 4.49. The molecule has 0 amide bonds. The van der Waals surface area contributed by atoms with Crippen LogP contribution >= 0.6 is 0 Å². The minimum atomic E-state index is -1.87. The van der Waals surface area contributed by atoms with E-state index in [1.807, 2.05) is 34.6 Å². The third-order valence-electron chi connectivity index (χ3n) is 1.30. The van der Waals surface area contributed by atoms with Gasteiger partial charge in [-0.1, -0.05) is 0 Å². The number of hydrogen-bond donors (Lipinski definition) is 1. The van der Waals surface area contributed by atoms with E-state index >= 15 is 0 Å². The first-order chi connectivity index (χ1) is 4.76. The Bertz CT molecular complexity index is 151. The highest BCUT2D eigenvalue weighted by atomic mass is 32.2. The second kappa shape index (κ2) is 3.65. The molecule has 0 aliphatic carbocycles. The van der Waals surface area contributed by atoms with Crippen molar-refractivity contribution in [3.8, 4) is 0 Å². The largest absolute Gasteiger partial charge is 0.294 e. The monoisotopic (exact) mass is 179 g/mol. The molecular weight excluding hydrogens is 162 g/mol. The molecule has 4 heteroatoms. The Kier molecular flexibility index (Phi) is 3.67. The van der Waals surface area contributed by atoms with Crippen LogP contribution in [-0.2, 0) is 11.3 Å². The molecule has 1 N–H and O–H groups in total. The van der Waals surface area contributed by atoms with E-state index in [-0.39, 0.29) is 11.6 Å². The second-order valence-electron chi connectivity index (χ2n) is 3.82. The van der Waals surface area contributed by atoms with Gasteiger partial charge in [0.2, 0.25) is 11.3 Å². The van der Waals surface area contributed by atoms with Crippen LogP contribution < -0.4 is 0 Å². The molecule has 0 aromatic heterocycles. The molecule has 0 saturated heterocycles. The third-order valence-corrected chi connectivity index (χ3v) is 2.60. The fourth-order valence-corrected chi connectivity index (χ4v) is 2.02. The summed E-state index contributed by atoms with van der Waals surface area (Å²) in [6, 6.07) is 0.0841. The van der Waals surface area contributed by atoms with Crippen molar-refractivity contribution in [2.24, 2.45) is 0 Å². The van der Waals surface area contributed by atoms with Crippen molar-refractivity contribution in [3.05, 3.63) is 0 Å². The predicted molar refractivity (Wildman–Crippen MR) is 47.5 cm³/mol. The molecule has 0 aliphatic heterocycles. The lowest BCUT2D eigenvalue weighted by Gasteiger charge is -2.34. The molecule has 0 aromatic carbocycles. The van der Waals surface area contributed by atoms with E-state index in [4.69, 9.17) is 4.55 Å². The Morgan fingerprint density at radius 2 is 1.73 bits per heavy atom. The molecule has 0 heterocycles. The van der Waals surface area contributed by atoms with Gasteiger partial charge in [-0.25, -0.2) is 4.21 Å². The van der Waals surface area contributed by atoms with Gasteiger partial charge >= 0.3 is 0 Å². The van der Waals surface area contributed by atoms with Crippen molar-refractivity contribution < 1.29 is 8.76 Å². The van der Waals surface area contributed by atoms with Gasteiger partial charge in [-0.15, -0.1) is 0 Å². The molecule has 1 unspecified atom stereocenters. The van der Waals surface area contributed by atoms with Crippen LogP contribution in [0.3, 0.4) is 0 Å². The van der Waals surface area contributed by atoms with Gasteiger partial charge in [-0.3, -0.25) is 4.55 Å². The van der Waals surface area contributed by atoms with Crippen molar-refractivity contribution in [3.63, 3.8) is 0 Å². The van der Waals surface area contributed by atoms with Crippen LogP contribution in [0.25, 0.3) is 0 Å². The van der Waals surface area contributed by atoms with Crippen molar-refractivity contribution in [1.29, 1.82) is 0 Å². The highest BCUT2D eigenvalue weighted by molar-refractivity contribution is 7.76. The normalized spacial score (nSPS) is 16.0. The van der Waals surface area contributed by atoms with Gasteiger partial charge < -0.3 is 0 Å². The van der Waals surface area contributed by atoms with E-state index in [9.17, 15) is 4.21 Å². The molecule has 0 aromatic rings. The molecule has 0 rings (SSSR count). The van der Waals surface area contributed by atoms with Gasteiger partial charge in [-0.05, 0) is 34.6 Å². The van der Waals surface area contributed by atoms with Gasteiger partial charge in [-0.2, -0.15) is 4.31 Å². The smallest absolute Gasteiger partial charge is 0.235 e.